The Labute approximate surface area is 185 Å². The lowest BCUT2D eigenvalue weighted by Crippen LogP contribution is -2.49. The van der Waals surface area contributed by atoms with Crippen molar-refractivity contribution in [1.82, 2.24) is 24.6 Å². The summed E-state index contributed by atoms with van der Waals surface area (Å²) in [6, 6.07) is 13.9. The number of rotatable bonds is 5. The SMILES string of the molecule is CCCc1nc(N2CCN(C(=O)c3cccs3)CC2)c2cnn(-c3ccccc3)c2n1. The van der Waals surface area contributed by atoms with Crippen LogP contribution < -0.4 is 4.90 Å². The highest BCUT2D eigenvalue weighted by Crippen LogP contribution is 2.27. The predicted octanol–water partition coefficient (Wildman–Crippen LogP) is 3.79. The highest BCUT2D eigenvalue weighted by molar-refractivity contribution is 7.12. The lowest BCUT2D eigenvalue weighted by Gasteiger charge is -2.35. The number of benzene rings is 1. The molecular weight excluding hydrogens is 408 g/mol. The Kier molecular flexibility index (Phi) is 5.38. The van der Waals surface area contributed by atoms with Gasteiger partial charge in [0, 0.05) is 32.6 Å². The third-order valence-electron chi connectivity index (χ3n) is 5.53. The highest BCUT2D eigenvalue weighted by Gasteiger charge is 2.26. The fourth-order valence-electron chi connectivity index (χ4n) is 3.95. The lowest BCUT2D eigenvalue weighted by molar-refractivity contribution is 0.0751. The summed E-state index contributed by atoms with van der Waals surface area (Å²) < 4.78 is 1.89. The Morgan fingerprint density at radius 2 is 1.84 bits per heavy atom. The molecule has 1 aliphatic rings. The van der Waals surface area contributed by atoms with Crippen molar-refractivity contribution >= 4 is 34.1 Å². The summed E-state index contributed by atoms with van der Waals surface area (Å²) in [5.74, 6) is 1.87. The van der Waals surface area contributed by atoms with Crippen LogP contribution in [0.4, 0.5) is 5.82 Å². The van der Waals surface area contributed by atoms with Gasteiger partial charge in [0.1, 0.15) is 11.6 Å². The smallest absolute Gasteiger partial charge is 0.264 e. The molecule has 1 fully saturated rings. The van der Waals surface area contributed by atoms with Crippen LogP contribution in [0.2, 0.25) is 0 Å². The fourth-order valence-corrected chi connectivity index (χ4v) is 4.64. The summed E-state index contributed by atoms with van der Waals surface area (Å²) in [6.07, 6.45) is 3.66. The Hall–Kier alpha value is -3.26. The van der Waals surface area contributed by atoms with Crippen LogP contribution in [0.5, 0.6) is 0 Å². The maximum Gasteiger partial charge on any atom is 0.264 e. The second-order valence-electron chi connectivity index (χ2n) is 7.60. The van der Waals surface area contributed by atoms with Crippen molar-refractivity contribution in [3.8, 4) is 5.69 Å². The van der Waals surface area contributed by atoms with Crippen molar-refractivity contribution in [2.75, 3.05) is 31.1 Å². The molecule has 1 aliphatic heterocycles. The lowest BCUT2D eigenvalue weighted by atomic mass is 10.2. The first-order valence-electron chi connectivity index (χ1n) is 10.6. The van der Waals surface area contributed by atoms with Crippen LogP contribution in [-0.4, -0.2) is 56.7 Å². The van der Waals surface area contributed by atoms with E-state index in [0.29, 0.717) is 13.1 Å². The number of aromatic nitrogens is 4. The third-order valence-corrected chi connectivity index (χ3v) is 6.39. The number of nitrogens with zero attached hydrogens (tertiary/aromatic N) is 6. The summed E-state index contributed by atoms with van der Waals surface area (Å²) in [5, 5.41) is 7.51. The number of carbonyl (C=O) groups excluding carboxylic acids is 1. The normalized spacial score (nSPS) is 14.4. The molecule has 0 atom stereocenters. The maximum atomic E-state index is 12.7. The van der Waals surface area contributed by atoms with E-state index in [1.54, 1.807) is 0 Å². The van der Waals surface area contributed by atoms with Crippen LogP contribution in [0.3, 0.4) is 0 Å². The van der Waals surface area contributed by atoms with Crippen LogP contribution in [-0.2, 0) is 6.42 Å². The summed E-state index contributed by atoms with van der Waals surface area (Å²) in [5.41, 5.74) is 1.81. The molecule has 1 aromatic carbocycles. The Morgan fingerprint density at radius 1 is 1.03 bits per heavy atom. The molecule has 1 amide bonds. The van der Waals surface area contributed by atoms with E-state index in [0.717, 1.165) is 59.2 Å². The maximum absolute atomic E-state index is 12.7. The van der Waals surface area contributed by atoms with E-state index in [-0.39, 0.29) is 5.91 Å². The van der Waals surface area contributed by atoms with Crippen LogP contribution >= 0.6 is 11.3 Å². The van der Waals surface area contributed by atoms with Gasteiger partial charge in [-0.1, -0.05) is 31.2 Å². The molecule has 158 valence electrons. The molecule has 0 unspecified atom stereocenters. The van der Waals surface area contributed by atoms with Gasteiger partial charge in [-0.15, -0.1) is 11.3 Å². The van der Waals surface area contributed by atoms with Crippen molar-refractivity contribution in [2.24, 2.45) is 0 Å². The highest BCUT2D eigenvalue weighted by atomic mass is 32.1. The Morgan fingerprint density at radius 3 is 2.55 bits per heavy atom. The monoisotopic (exact) mass is 432 g/mol. The minimum atomic E-state index is 0.117. The van der Waals surface area contributed by atoms with Crippen LogP contribution in [0.1, 0.15) is 28.8 Å². The first kappa shape index (κ1) is 19.7. The minimum absolute atomic E-state index is 0.117. The molecule has 4 aromatic rings. The standard InChI is InChI=1S/C23H24N6OS/c1-2-7-20-25-21(18-16-24-29(22(18)26-20)17-8-4-3-5-9-17)27-11-13-28(14-12-27)23(30)19-10-6-15-31-19/h3-6,8-10,15-16H,2,7,11-14H2,1H3. The van der Waals surface area contributed by atoms with E-state index in [1.165, 1.54) is 11.3 Å². The average Bonchev–Trinajstić information content (AvgIpc) is 3.49. The zero-order valence-electron chi connectivity index (χ0n) is 17.4. The van der Waals surface area contributed by atoms with Gasteiger partial charge in [0.15, 0.2) is 5.65 Å². The number of thiophene rings is 1. The van der Waals surface area contributed by atoms with Crippen LogP contribution in [0.15, 0.2) is 54.0 Å². The van der Waals surface area contributed by atoms with Crippen molar-refractivity contribution in [2.45, 2.75) is 19.8 Å². The van der Waals surface area contributed by atoms with Gasteiger partial charge in [0.05, 0.1) is 22.1 Å². The quantitative estimate of drug-likeness (QED) is 0.480. The van der Waals surface area contributed by atoms with Crippen LogP contribution in [0.25, 0.3) is 16.7 Å². The molecule has 7 nitrogen and oxygen atoms in total. The average molecular weight is 433 g/mol. The largest absolute Gasteiger partial charge is 0.352 e. The zero-order chi connectivity index (χ0) is 21.2. The molecule has 0 N–H and O–H groups in total. The molecule has 5 rings (SSSR count). The van der Waals surface area contributed by atoms with Crippen molar-refractivity contribution < 1.29 is 4.79 Å². The van der Waals surface area contributed by atoms with Crippen molar-refractivity contribution in [3.63, 3.8) is 0 Å². The molecule has 0 radical (unpaired) electrons. The first-order chi connectivity index (χ1) is 15.2. The van der Waals surface area contributed by atoms with Crippen molar-refractivity contribution in [3.05, 3.63) is 64.7 Å². The second kappa shape index (κ2) is 8.47. The van der Waals surface area contributed by atoms with Gasteiger partial charge in [-0.05, 0) is 30.0 Å². The molecule has 0 saturated carbocycles. The number of carbonyl (C=O) groups is 1. The summed E-state index contributed by atoms with van der Waals surface area (Å²) in [6.45, 7) is 4.98. The Bertz CT molecular complexity index is 1180. The number of anilines is 1. The van der Waals surface area contributed by atoms with Crippen molar-refractivity contribution in [1.29, 1.82) is 0 Å². The molecule has 4 heterocycles. The number of piperazine rings is 1. The van der Waals surface area contributed by atoms with Gasteiger partial charge < -0.3 is 9.80 Å². The van der Waals surface area contributed by atoms with Gasteiger partial charge in [0.25, 0.3) is 5.91 Å². The van der Waals surface area contributed by atoms with E-state index in [4.69, 9.17) is 9.97 Å². The van der Waals surface area contributed by atoms with Gasteiger partial charge in [0.2, 0.25) is 0 Å². The number of fused-ring (bicyclic) bond motifs is 1. The third kappa shape index (κ3) is 3.79. The van der Waals surface area contributed by atoms with E-state index < -0.39 is 0 Å². The number of para-hydroxylation sites is 1. The van der Waals surface area contributed by atoms with E-state index in [9.17, 15) is 4.79 Å². The minimum Gasteiger partial charge on any atom is -0.352 e. The number of aryl methyl sites for hydroxylation is 1. The summed E-state index contributed by atoms with van der Waals surface area (Å²) >= 11 is 1.50. The molecule has 8 heteroatoms. The Balaban J connectivity index is 1.46. The number of hydrogen-bond donors (Lipinski definition) is 0. The van der Waals surface area contributed by atoms with E-state index in [1.807, 2.05) is 63.6 Å². The molecule has 0 spiro atoms. The molecule has 0 bridgehead atoms. The second-order valence-corrected chi connectivity index (χ2v) is 8.55. The molecular formula is C23H24N6OS. The summed E-state index contributed by atoms with van der Waals surface area (Å²) in [7, 11) is 0. The van der Waals surface area contributed by atoms with Gasteiger partial charge in [-0.2, -0.15) is 5.10 Å². The number of hydrogen-bond acceptors (Lipinski definition) is 6. The van der Waals surface area contributed by atoms with E-state index >= 15 is 0 Å². The predicted molar refractivity (Wildman–Crippen MR) is 123 cm³/mol. The molecule has 3 aromatic heterocycles. The fraction of sp³-hybridized carbons (Fsp3) is 0.304. The van der Waals surface area contributed by atoms with Gasteiger partial charge in [-0.25, -0.2) is 14.6 Å². The first-order valence-corrected chi connectivity index (χ1v) is 11.5. The molecule has 31 heavy (non-hydrogen) atoms. The molecule has 0 aliphatic carbocycles. The van der Waals surface area contributed by atoms with Gasteiger partial charge in [-0.3, -0.25) is 4.79 Å². The number of amides is 1. The van der Waals surface area contributed by atoms with E-state index in [2.05, 4.69) is 16.9 Å². The topological polar surface area (TPSA) is 67.2 Å². The zero-order valence-corrected chi connectivity index (χ0v) is 18.3. The summed E-state index contributed by atoms with van der Waals surface area (Å²) in [4.78, 5) is 27.4. The molecule has 1 saturated heterocycles. The van der Waals surface area contributed by atoms with Crippen LogP contribution in [0, 0.1) is 0 Å². The van der Waals surface area contributed by atoms with Gasteiger partial charge >= 0.3 is 0 Å².